The number of hydrogen-bond donors (Lipinski definition) is 1. The Morgan fingerprint density at radius 3 is 2.89 bits per heavy atom. The van der Waals surface area contributed by atoms with E-state index >= 15 is 0 Å². The Hall–Kier alpha value is -1.46. The monoisotopic (exact) mass is 252 g/mol. The van der Waals surface area contributed by atoms with Crippen molar-refractivity contribution in [1.29, 1.82) is 0 Å². The zero-order chi connectivity index (χ0) is 13.4. The Kier molecular flexibility index (Phi) is 6.32. The van der Waals surface area contributed by atoms with Crippen LogP contribution in [0.2, 0.25) is 0 Å². The first-order valence-corrected chi connectivity index (χ1v) is 6.13. The van der Waals surface area contributed by atoms with Gasteiger partial charge in [-0.25, -0.2) is 0 Å². The molecule has 1 rings (SSSR count). The van der Waals surface area contributed by atoms with Gasteiger partial charge in [-0.15, -0.1) is 0 Å². The maximum absolute atomic E-state index is 10.7. The van der Waals surface area contributed by atoms with E-state index in [-0.39, 0.29) is 10.6 Å². The summed E-state index contributed by atoms with van der Waals surface area (Å²) in [6, 6.07) is 7.09. The second-order valence-corrected chi connectivity index (χ2v) is 4.18. The zero-order valence-corrected chi connectivity index (χ0v) is 10.9. The predicted octanol–water partition coefficient (Wildman–Crippen LogP) is 2.15. The molecule has 18 heavy (non-hydrogen) atoms. The van der Waals surface area contributed by atoms with E-state index in [0.717, 1.165) is 24.9 Å². The number of benzene rings is 1. The number of rotatable bonds is 8. The molecule has 5 nitrogen and oxygen atoms in total. The fourth-order valence-electron chi connectivity index (χ4n) is 1.90. The minimum atomic E-state index is -0.361. The first-order valence-electron chi connectivity index (χ1n) is 6.13. The molecule has 5 heteroatoms. The summed E-state index contributed by atoms with van der Waals surface area (Å²) in [5.74, 6) is 0. The van der Waals surface area contributed by atoms with Crippen LogP contribution in [-0.4, -0.2) is 31.2 Å². The van der Waals surface area contributed by atoms with Gasteiger partial charge in [0.25, 0.3) is 5.69 Å². The Morgan fingerprint density at radius 1 is 1.50 bits per heavy atom. The Balaban J connectivity index is 2.55. The molecule has 0 aliphatic heterocycles. The van der Waals surface area contributed by atoms with Crippen LogP contribution in [0.15, 0.2) is 24.3 Å². The van der Waals surface area contributed by atoms with Gasteiger partial charge in [-0.3, -0.25) is 10.1 Å². The lowest BCUT2D eigenvalue weighted by molar-refractivity contribution is -0.384. The van der Waals surface area contributed by atoms with E-state index in [0.29, 0.717) is 12.6 Å². The second kappa shape index (κ2) is 7.79. The zero-order valence-electron chi connectivity index (χ0n) is 10.9. The molecule has 1 aromatic rings. The quantitative estimate of drug-likeness (QED) is 0.568. The van der Waals surface area contributed by atoms with Crippen LogP contribution in [0, 0.1) is 10.1 Å². The van der Waals surface area contributed by atoms with Crippen LogP contribution in [0.3, 0.4) is 0 Å². The molecule has 1 N–H and O–H groups in total. The summed E-state index contributed by atoms with van der Waals surface area (Å²) in [4.78, 5) is 10.3. The van der Waals surface area contributed by atoms with E-state index in [1.807, 2.05) is 6.07 Å². The van der Waals surface area contributed by atoms with Gasteiger partial charge in [-0.05, 0) is 24.9 Å². The van der Waals surface area contributed by atoms with Crippen molar-refractivity contribution in [2.45, 2.75) is 25.8 Å². The van der Waals surface area contributed by atoms with E-state index in [1.165, 1.54) is 6.07 Å². The van der Waals surface area contributed by atoms with Crippen LogP contribution in [0.25, 0.3) is 0 Å². The number of aryl methyl sites for hydroxylation is 1. The van der Waals surface area contributed by atoms with Crippen molar-refractivity contribution >= 4 is 5.69 Å². The van der Waals surface area contributed by atoms with Crippen LogP contribution in [0.5, 0.6) is 0 Å². The van der Waals surface area contributed by atoms with Crippen molar-refractivity contribution in [3.8, 4) is 0 Å². The topological polar surface area (TPSA) is 64.4 Å². The van der Waals surface area contributed by atoms with Gasteiger partial charge in [0.15, 0.2) is 0 Å². The minimum absolute atomic E-state index is 0.152. The molecule has 0 aliphatic rings. The molecule has 0 spiro atoms. The summed E-state index contributed by atoms with van der Waals surface area (Å²) < 4.78 is 5.14. The SMILES string of the molecule is CCNC(CCc1cccc([N+](=O)[O-])c1)COC. The standard InChI is InChI=1S/C13H20N2O3/c1-3-14-12(10-18-2)8-7-11-5-4-6-13(9-11)15(16)17/h4-6,9,12,14H,3,7-8,10H2,1-2H3. The molecule has 0 bridgehead atoms. The average Bonchev–Trinajstić information content (AvgIpc) is 2.37. The van der Waals surface area contributed by atoms with Crippen LogP contribution in [0.1, 0.15) is 18.9 Å². The van der Waals surface area contributed by atoms with Crippen molar-refractivity contribution in [2.75, 3.05) is 20.3 Å². The van der Waals surface area contributed by atoms with Gasteiger partial charge in [0.1, 0.15) is 0 Å². The lowest BCUT2D eigenvalue weighted by atomic mass is 10.1. The van der Waals surface area contributed by atoms with Crippen molar-refractivity contribution in [2.24, 2.45) is 0 Å². The summed E-state index contributed by atoms with van der Waals surface area (Å²) in [6.45, 7) is 3.60. The van der Waals surface area contributed by atoms with E-state index in [2.05, 4.69) is 12.2 Å². The first-order chi connectivity index (χ1) is 8.67. The number of ether oxygens (including phenoxy) is 1. The summed E-state index contributed by atoms with van der Waals surface area (Å²) in [5, 5.41) is 14.0. The van der Waals surface area contributed by atoms with Crippen molar-refractivity contribution < 1.29 is 9.66 Å². The Labute approximate surface area is 107 Å². The molecule has 1 atom stereocenters. The lowest BCUT2D eigenvalue weighted by Crippen LogP contribution is -2.33. The van der Waals surface area contributed by atoms with Gasteiger partial charge in [0.2, 0.25) is 0 Å². The number of nitrogens with one attached hydrogen (secondary N) is 1. The molecule has 0 aromatic heterocycles. The summed E-state index contributed by atoms with van der Waals surface area (Å²) >= 11 is 0. The van der Waals surface area contributed by atoms with Crippen LogP contribution in [0.4, 0.5) is 5.69 Å². The fraction of sp³-hybridized carbons (Fsp3) is 0.538. The number of likely N-dealkylation sites (N-methyl/N-ethyl adjacent to an activating group) is 1. The summed E-state index contributed by atoms with van der Waals surface area (Å²) in [6.07, 6.45) is 1.71. The van der Waals surface area contributed by atoms with E-state index in [1.54, 1.807) is 19.2 Å². The molecule has 0 fully saturated rings. The molecule has 0 saturated heterocycles. The van der Waals surface area contributed by atoms with Crippen molar-refractivity contribution in [3.63, 3.8) is 0 Å². The minimum Gasteiger partial charge on any atom is -0.383 e. The number of nitrogens with zero attached hydrogens (tertiary/aromatic N) is 1. The Bertz CT molecular complexity index is 376. The lowest BCUT2D eigenvalue weighted by Gasteiger charge is -2.16. The number of non-ortho nitro benzene ring substituents is 1. The molecule has 0 saturated carbocycles. The maximum atomic E-state index is 10.7. The van der Waals surface area contributed by atoms with Crippen molar-refractivity contribution in [3.05, 3.63) is 39.9 Å². The summed E-state index contributed by atoms with van der Waals surface area (Å²) in [5.41, 5.74) is 1.14. The van der Waals surface area contributed by atoms with Crippen LogP contribution >= 0.6 is 0 Å². The van der Waals surface area contributed by atoms with Gasteiger partial charge in [0.05, 0.1) is 11.5 Å². The average molecular weight is 252 g/mol. The maximum Gasteiger partial charge on any atom is 0.269 e. The van der Waals surface area contributed by atoms with E-state index in [4.69, 9.17) is 4.74 Å². The highest BCUT2D eigenvalue weighted by Crippen LogP contribution is 2.15. The second-order valence-electron chi connectivity index (χ2n) is 4.18. The molecule has 0 heterocycles. The largest absolute Gasteiger partial charge is 0.383 e. The van der Waals surface area contributed by atoms with E-state index in [9.17, 15) is 10.1 Å². The molecule has 1 unspecified atom stereocenters. The van der Waals surface area contributed by atoms with Crippen LogP contribution in [-0.2, 0) is 11.2 Å². The van der Waals surface area contributed by atoms with Gasteiger partial charge < -0.3 is 10.1 Å². The molecular formula is C13H20N2O3. The number of nitro groups is 1. The van der Waals surface area contributed by atoms with E-state index < -0.39 is 0 Å². The number of nitro benzene ring substituents is 1. The molecule has 0 aliphatic carbocycles. The summed E-state index contributed by atoms with van der Waals surface area (Å²) in [7, 11) is 1.68. The number of hydrogen-bond acceptors (Lipinski definition) is 4. The molecular weight excluding hydrogens is 232 g/mol. The smallest absolute Gasteiger partial charge is 0.269 e. The third-order valence-corrected chi connectivity index (χ3v) is 2.76. The predicted molar refractivity (Wildman–Crippen MR) is 70.8 cm³/mol. The highest BCUT2D eigenvalue weighted by Gasteiger charge is 2.09. The molecule has 1 aromatic carbocycles. The highest BCUT2D eigenvalue weighted by atomic mass is 16.6. The fourth-order valence-corrected chi connectivity index (χ4v) is 1.90. The van der Waals surface area contributed by atoms with Crippen LogP contribution < -0.4 is 5.32 Å². The number of methoxy groups -OCH3 is 1. The van der Waals surface area contributed by atoms with Crippen molar-refractivity contribution in [1.82, 2.24) is 5.32 Å². The van der Waals surface area contributed by atoms with Gasteiger partial charge in [-0.2, -0.15) is 0 Å². The highest BCUT2D eigenvalue weighted by molar-refractivity contribution is 5.34. The van der Waals surface area contributed by atoms with Gasteiger partial charge in [-0.1, -0.05) is 19.1 Å². The molecule has 0 radical (unpaired) electrons. The van der Waals surface area contributed by atoms with Gasteiger partial charge >= 0.3 is 0 Å². The Morgan fingerprint density at radius 2 is 2.28 bits per heavy atom. The third-order valence-electron chi connectivity index (χ3n) is 2.76. The normalized spacial score (nSPS) is 12.3. The first kappa shape index (κ1) is 14.6. The molecule has 0 amide bonds. The van der Waals surface area contributed by atoms with Gasteiger partial charge in [0, 0.05) is 25.3 Å². The third kappa shape index (κ3) is 4.81. The molecule has 100 valence electrons.